The normalized spacial score (nSPS) is 14.9. The van der Waals surface area contributed by atoms with Gasteiger partial charge in [-0.1, -0.05) is 49.9 Å². The number of rotatable bonds is 5. The molecule has 0 saturated carbocycles. The predicted octanol–water partition coefficient (Wildman–Crippen LogP) is 4.13. The first-order valence-electron chi connectivity index (χ1n) is 5.54. The van der Waals surface area contributed by atoms with Crippen molar-refractivity contribution < 1.29 is 5.11 Å². The van der Waals surface area contributed by atoms with Crippen LogP contribution in [0.4, 0.5) is 0 Å². The summed E-state index contributed by atoms with van der Waals surface area (Å²) < 4.78 is 0. The number of benzene rings is 1. The van der Waals surface area contributed by atoms with Gasteiger partial charge in [-0.3, -0.25) is 0 Å². The van der Waals surface area contributed by atoms with E-state index in [1.54, 1.807) is 0 Å². The molecule has 0 aliphatic carbocycles. The van der Waals surface area contributed by atoms with Crippen LogP contribution in [0.1, 0.15) is 45.1 Å². The Labute approximate surface area is 97.1 Å². The Bertz CT molecular complexity index is 307. The maximum absolute atomic E-state index is 10.3. The lowest BCUT2D eigenvalue weighted by Crippen LogP contribution is -2.20. The average Bonchev–Trinajstić information content (AvgIpc) is 2.18. The van der Waals surface area contributed by atoms with Gasteiger partial charge in [-0.2, -0.15) is 0 Å². The number of hydrogen-bond donors (Lipinski definition) is 1. The van der Waals surface area contributed by atoms with Gasteiger partial charge >= 0.3 is 0 Å². The molecule has 1 unspecified atom stereocenters. The van der Waals surface area contributed by atoms with Crippen LogP contribution in [-0.2, 0) is 5.60 Å². The molecular weight excluding hydrogens is 208 g/mol. The van der Waals surface area contributed by atoms with Crippen LogP contribution in [-0.4, -0.2) is 5.11 Å². The highest BCUT2D eigenvalue weighted by molar-refractivity contribution is 6.30. The van der Waals surface area contributed by atoms with Gasteiger partial charge in [0.25, 0.3) is 0 Å². The summed E-state index contributed by atoms with van der Waals surface area (Å²) in [7, 11) is 0. The molecule has 0 radical (unpaired) electrons. The van der Waals surface area contributed by atoms with E-state index in [1.165, 1.54) is 6.42 Å². The number of hydrogen-bond acceptors (Lipinski definition) is 1. The number of unbranched alkanes of at least 4 members (excludes halogenated alkanes) is 2. The van der Waals surface area contributed by atoms with Gasteiger partial charge < -0.3 is 5.11 Å². The molecule has 1 rings (SSSR count). The van der Waals surface area contributed by atoms with Gasteiger partial charge in [0.2, 0.25) is 0 Å². The van der Waals surface area contributed by atoms with Crippen LogP contribution < -0.4 is 0 Å². The van der Waals surface area contributed by atoms with Gasteiger partial charge in [-0.05, 0) is 31.0 Å². The molecule has 1 aromatic carbocycles. The summed E-state index contributed by atoms with van der Waals surface area (Å²) in [6.45, 7) is 4.02. The van der Waals surface area contributed by atoms with Crippen LogP contribution in [0.3, 0.4) is 0 Å². The van der Waals surface area contributed by atoms with Crippen LogP contribution in [0.5, 0.6) is 0 Å². The molecule has 15 heavy (non-hydrogen) atoms. The molecule has 0 aliphatic heterocycles. The summed E-state index contributed by atoms with van der Waals surface area (Å²) in [5, 5.41) is 11.0. The molecule has 0 aromatic heterocycles. The first kappa shape index (κ1) is 12.5. The highest BCUT2D eigenvalue weighted by atomic mass is 35.5. The largest absolute Gasteiger partial charge is 0.385 e. The van der Waals surface area contributed by atoms with Gasteiger partial charge in [0.1, 0.15) is 0 Å². The van der Waals surface area contributed by atoms with Crippen LogP contribution in [0.25, 0.3) is 0 Å². The van der Waals surface area contributed by atoms with Gasteiger partial charge in [0.05, 0.1) is 5.60 Å². The third-order valence-electron chi connectivity index (χ3n) is 2.71. The SMILES string of the molecule is CCCCCC(C)(O)c1cccc(Cl)c1. The Hall–Kier alpha value is -0.530. The maximum atomic E-state index is 10.3. The Kier molecular flexibility index (Phi) is 4.62. The van der Waals surface area contributed by atoms with Gasteiger partial charge in [-0.15, -0.1) is 0 Å². The van der Waals surface area contributed by atoms with E-state index in [9.17, 15) is 5.11 Å². The molecule has 1 atom stereocenters. The fraction of sp³-hybridized carbons (Fsp3) is 0.538. The van der Waals surface area contributed by atoms with Crippen molar-refractivity contribution in [2.45, 2.75) is 45.1 Å². The van der Waals surface area contributed by atoms with Crippen LogP contribution >= 0.6 is 11.6 Å². The van der Waals surface area contributed by atoms with Crippen molar-refractivity contribution in [2.75, 3.05) is 0 Å². The molecule has 0 saturated heterocycles. The number of aliphatic hydroxyl groups is 1. The Morgan fingerprint density at radius 3 is 2.67 bits per heavy atom. The molecule has 0 heterocycles. The zero-order valence-corrected chi connectivity index (χ0v) is 10.2. The standard InChI is InChI=1S/C13H19ClO/c1-3-4-5-9-13(2,15)11-7-6-8-12(14)10-11/h6-8,10,15H,3-5,9H2,1-2H3. The Morgan fingerprint density at radius 1 is 1.33 bits per heavy atom. The van der Waals surface area contributed by atoms with E-state index in [-0.39, 0.29) is 0 Å². The topological polar surface area (TPSA) is 20.2 Å². The minimum atomic E-state index is -0.750. The molecule has 0 bridgehead atoms. The molecule has 84 valence electrons. The van der Waals surface area contributed by atoms with E-state index in [2.05, 4.69) is 6.92 Å². The van der Waals surface area contributed by atoms with E-state index in [0.717, 1.165) is 24.8 Å². The molecule has 0 spiro atoms. The van der Waals surface area contributed by atoms with Gasteiger partial charge in [0, 0.05) is 5.02 Å². The van der Waals surface area contributed by atoms with Crippen LogP contribution in [0, 0.1) is 0 Å². The fourth-order valence-electron chi connectivity index (χ4n) is 1.69. The van der Waals surface area contributed by atoms with E-state index < -0.39 is 5.60 Å². The first-order chi connectivity index (χ1) is 7.06. The van der Waals surface area contributed by atoms with Crippen LogP contribution in [0.15, 0.2) is 24.3 Å². The van der Waals surface area contributed by atoms with E-state index in [4.69, 9.17) is 11.6 Å². The average molecular weight is 227 g/mol. The smallest absolute Gasteiger partial charge is 0.0869 e. The third kappa shape index (κ3) is 3.84. The quantitative estimate of drug-likeness (QED) is 0.749. The summed E-state index contributed by atoms with van der Waals surface area (Å²) in [5.41, 5.74) is 0.158. The second-order valence-electron chi connectivity index (χ2n) is 4.24. The summed E-state index contributed by atoms with van der Waals surface area (Å²) in [6.07, 6.45) is 4.18. The molecule has 2 heteroatoms. The second-order valence-corrected chi connectivity index (χ2v) is 4.68. The summed E-state index contributed by atoms with van der Waals surface area (Å²) in [5.74, 6) is 0. The highest BCUT2D eigenvalue weighted by Crippen LogP contribution is 2.28. The molecule has 1 aromatic rings. The fourth-order valence-corrected chi connectivity index (χ4v) is 1.88. The zero-order valence-electron chi connectivity index (χ0n) is 9.46. The molecular formula is C13H19ClO. The van der Waals surface area contributed by atoms with Crippen LogP contribution in [0.2, 0.25) is 5.02 Å². The lowest BCUT2D eigenvalue weighted by molar-refractivity contribution is 0.0450. The summed E-state index contributed by atoms with van der Waals surface area (Å²) >= 11 is 5.90. The van der Waals surface area contributed by atoms with E-state index >= 15 is 0 Å². The highest BCUT2D eigenvalue weighted by Gasteiger charge is 2.22. The molecule has 1 nitrogen and oxygen atoms in total. The maximum Gasteiger partial charge on any atom is 0.0869 e. The van der Waals surface area contributed by atoms with E-state index in [0.29, 0.717) is 5.02 Å². The van der Waals surface area contributed by atoms with E-state index in [1.807, 2.05) is 31.2 Å². The third-order valence-corrected chi connectivity index (χ3v) is 2.95. The van der Waals surface area contributed by atoms with Crippen molar-refractivity contribution in [1.82, 2.24) is 0 Å². The van der Waals surface area contributed by atoms with Gasteiger partial charge in [0.15, 0.2) is 0 Å². The zero-order chi connectivity index (χ0) is 11.3. The van der Waals surface area contributed by atoms with Crippen molar-refractivity contribution >= 4 is 11.6 Å². The van der Waals surface area contributed by atoms with Crippen molar-refractivity contribution in [2.24, 2.45) is 0 Å². The predicted molar refractivity (Wildman–Crippen MR) is 65.2 cm³/mol. The number of halogens is 1. The van der Waals surface area contributed by atoms with Crippen molar-refractivity contribution in [3.8, 4) is 0 Å². The lowest BCUT2D eigenvalue weighted by Gasteiger charge is -2.24. The van der Waals surface area contributed by atoms with Gasteiger partial charge in [-0.25, -0.2) is 0 Å². The molecule has 0 amide bonds. The summed E-state index contributed by atoms with van der Waals surface area (Å²) in [4.78, 5) is 0. The van der Waals surface area contributed by atoms with Crippen molar-refractivity contribution in [3.63, 3.8) is 0 Å². The monoisotopic (exact) mass is 226 g/mol. The molecule has 0 aliphatic rings. The summed E-state index contributed by atoms with van der Waals surface area (Å²) in [6, 6.07) is 7.48. The second kappa shape index (κ2) is 5.53. The molecule has 1 N–H and O–H groups in total. The van der Waals surface area contributed by atoms with Crippen molar-refractivity contribution in [1.29, 1.82) is 0 Å². The minimum absolute atomic E-state index is 0.684. The Balaban J connectivity index is 2.67. The molecule has 0 fully saturated rings. The Morgan fingerprint density at radius 2 is 2.07 bits per heavy atom. The minimum Gasteiger partial charge on any atom is -0.385 e. The lowest BCUT2D eigenvalue weighted by atomic mass is 9.90. The van der Waals surface area contributed by atoms with Crippen molar-refractivity contribution in [3.05, 3.63) is 34.9 Å². The first-order valence-corrected chi connectivity index (χ1v) is 5.92.